The van der Waals surface area contributed by atoms with Crippen molar-refractivity contribution < 1.29 is 19.5 Å². The molecule has 1 aromatic heterocycles. The Kier molecular flexibility index (Phi) is 5.12. The van der Waals surface area contributed by atoms with Crippen LogP contribution in [0.5, 0.6) is 0 Å². The van der Waals surface area contributed by atoms with Gasteiger partial charge in [0.2, 0.25) is 5.91 Å². The van der Waals surface area contributed by atoms with Crippen molar-refractivity contribution >= 4 is 28.7 Å². The fourth-order valence-corrected chi connectivity index (χ4v) is 2.67. The minimum atomic E-state index is -1.04. The molecular weight excluding hydrogens is 346 g/mol. The largest absolute Gasteiger partial charge is 0.478 e. The fraction of sp³-hybridized carbons (Fsp3) is 0.100. The average molecular weight is 363 g/mol. The van der Waals surface area contributed by atoms with E-state index in [4.69, 9.17) is 10.8 Å². The number of fused-ring (bicyclic) bond motifs is 1. The maximum absolute atomic E-state index is 12.5. The summed E-state index contributed by atoms with van der Waals surface area (Å²) in [6, 6.07) is 15.8. The second-order valence-electron chi connectivity index (χ2n) is 6.02. The number of benzene rings is 2. The highest BCUT2D eigenvalue weighted by Gasteiger charge is 2.20. The third kappa shape index (κ3) is 4.27. The Morgan fingerprint density at radius 3 is 2.37 bits per heavy atom. The van der Waals surface area contributed by atoms with E-state index in [9.17, 15) is 14.4 Å². The molecule has 0 bridgehead atoms. The molecule has 0 saturated carbocycles. The van der Waals surface area contributed by atoms with Gasteiger partial charge in [-0.25, -0.2) is 9.78 Å². The van der Waals surface area contributed by atoms with Crippen LogP contribution < -0.4 is 11.1 Å². The SMILES string of the molecule is NC(=O)[C@@H](Cc1ccc(C(=O)O)cc1)NC(=O)c1ccc2ccccc2n1. The molecule has 136 valence electrons. The van der Waals surface area contributed by atoms with E-state index in [-0.39, 0.29) is 17.7 Å². The van der Waals surface area contributed by atoms with Crippen molar-refractivity contribution in [2.75, 3.05) is 0 Å². The predicted octanol–water partition coefficient (Wildman–Crippen LogP) is 1.76. The molecule has 1 atom stereocenters. The highest BCUT2D eigenvalue weighted by molar-refractivity contribution is 5.97. The molecule has 1 heterocycles. The summed E-state index contributed by atoms with van der Waals surface area (Å²) in [5.41, 5.74) is 7.08. The lowest BCUT2D eigenvalue weighted by molar-refractivity contribution is -0.119. The molecule has 0 aliphatic rings. The summed E-state index contributed by atoms with van der Waals surface area (Å²) in [5, 5.41) is 12.4. The summed E-state index contributed by atoms with van der Waals surface area (Å²) in [6.07, 6.45) is 0.147. The van der Waals surface area contributed by atoms with Crippen LogP contribution >= 0.6 is 0 Å². The van der Waals surface area contributed by atoms with Crippen LogP contribution in [-0.2, 0) is 11.2 Å². The van der Waals surface area contributed by atoms with Gasteiger partial charge in [-0.2, -0.15) is 0 Å². The zero-order valence-electron chi connectivity index (χ0n) is 14.3. The minimum Gasteiger partial charge on any atom is -0.478 e. The third-order valence-corrected chi connectivity index (χ3v) is 4.12. The van der Waals surface area contributed by atoms with Crippen LogP contribution in [0.4, 0.5) is 0 Å². The van der Waals surface area contributed by atoms with E-state index < -0.39 is 23.8 Å². The molecule has 0 radical (unpaired) electrons. The van der Waals surface area contributed by atoms with Gasteiger partial charge in [0.25, 0.3) is 5.91 Å². The van der Waals surface area contributed by atoms with Crippen LogP contribution in [0.15, 0.2) is 60.7 Å². The van der Waals surface area contributed by atoms with Crippen LogP contribution in [0, 0.1) is 0 Å². The van der Waals surface area contributed by atoms with Gasteiger partial charge in [0, 0.05) is 11.8 Å². The quantitative estimate of drug-likeness (QED) is 0.616. The van der Waals surface area contributed by atoms with Crippen molar-refractivity contribution in [3.8, 4) is 0 Å². The number of nitrogens with zero attached hydrogens (tertiary/aromatic N) is 1. The van der Waals surface area contributed by atoms with E-state index in [1.807, 2.05) is 18.2 Å². The van der Waals surface area contributed by atoms with E-state index >= 15 is 0 Å². The van der Waals surface area contributed by atoms with Gasteiger partial charge in [-0.1, -0.05) is 36.4 Å². The Morgan fingerprint density at radius 2 is 1.70 bits per heavy atom. The molecular formula is C20H17N3O4. The molecule has 7 nitrogen and oxygen atoms in total. The third-order valence-electron chi connectivity index (χ3n) is 4.12. The lowest BCUT2D eigenvalue weighted by Crippen LogP contribution is -2.46. The Bertz CT molecular complexity index is 1020. The number of nitrogens with one attached hydrogen (secondary N) is 1. The monoisotopic (exact) mass is 363 g/mol. The maximum Gasteiger partial charge on any atom is 0.335 e. The zero-order valence-corrected chi connectivity index (χ0v) is 14.3. The number of carboxylic acid groups (broad SMARTS) is 1. The number of carbonyl (C=O) groups excluding carboxylic acids is 2. The Morgan fingerprint density at radius 1 is 1.00 bits per heavy atom. The number of carboxylic acids is 1. The summed E-state index contributed by atoms with van der Waals surface area (Å²) >= 11 is 0. The summed E-state index contributed by atoms with van der Waals surface area (Å²) in [5.74, 6) is -2.23. The Balaban J connectivity index is 1.75. The van der Waals surface area contributed by atoms with Gasteiger partial charge in [-0.3, -0.25) is 9.59 Å². The molecule has 7 heteroatoms. The van der Waals surface area contributed by atoms with Gasteiger partial charge < -0.3 is 16.2 Å². The van der Waals surface area contributed by atoms with Crippen molar-refractivity contribution in [1.82, 2.24) is 10.3 Å². The number of pyridine rings is 1. The minimum absolute atomic E-state index is 0.138. The van der Waals surface area contributed by atoms with Crippen LogP contribution in [-0.4, -0.2) is 33.9 Å². The highest BCUT2D eigenvalue weighted by atomic mass is 16.4. The number of para-hydroxylation sites is 1. The van der Waals surface area contributed by atoms with Crippen molar-refractivity contribution in [2.24, 2.45) is 5.73 Å². The first kappa shape index (κ1) is 18.1. The van der Waals surface area contributed by atoms with Crippen LogP contribution in [0.2, 0.25) is 0 Å². The topological polar surface area (TPSA) is 122 Å². The van der Waals surface area contributed by atoms with Crippen molar-refractivity contribution in [3.05, 3.63) is 77.5 Å². The molecule has 0 aliphatic heterocycles. The molecule has 0 unspecified atom stereocenters. The zero-order chi connectivity index (χ0) is 19.4. The van der Waals surface area contributed by atoms with E-state index in [0.717, 1.165) is 5.39 Å². The van der Waals surface area contributed by atoms with Crippen LogP contribution in [0.3, 0.4) is 0 Å². The Hall–Kier alpha value is -3.74. The number of aromatic nitrogens is 1. The van der Waals surface area contributed by atoms with E-state index in [2.05, 4.69) is 10.3 Å². The molecule has 0 spiro atoms. The first-order valence-electron chi connectivity index (χ1n) is 8.22. The molecule has 0 saturated heterocycles. The summed E-state index contributed by atoms with van der Waals surface area (Å²) < 4.78 is 0. The van der Waals surface area contributed by atoms with Gasteiger partial charge in [0.1, 0.15) is 11.7 Å². The first-order chi connectivity index (χ1) is 12.9. The Labute approximate surface area is 154 Å². The van der Waals surface area contributed by atoms with Crippen molar-refractivity contribution in [3.63, 3.8) is 0 Å². The van der Waals surface area contributed by atoms with Gasteiger partial charge >= 0.3 is 5.97 Å². The predicted molar refractivity (Wildman–Crippen MR) is 99.3 cm³/mol. The molecule has 2 amide bonds. The van der Waals surface area contributed by atoms with Gasteiger partial charge in [-0.15, -0.1) is 0 Å². The van der Waals surface area contributed by atoms with Crippen molar-refractivity contribution in [2.45, 2.75) is 12.5 Å². The number of rotatable bonds is 6. The lowest BCUT2D eigenvalue weighted by Gasteiger charge is -2.15. The number of hydrogen-bond acceptors (Lipinski definition) is 4. The average Bonchev–Trinajstić information content (AvgIpc) is 2.67. The number of amides is 2. The van der Waals surface area contributed by atoms with Gasteiger partial charge in [-0.05, 0) is 29.8 Å². The summed E-state index contributed by atoms with van der Waals surface area (Å²) in [7, 11) is 0. The van der Waals surface area contributed by atoms with Crippen LogP contribution in [0.25, 0.3) is 10.9 Å². The molecule has 3 rings (SSSR count). The molecule has 27 heavy (non-hydrogen) atoms. The highest BCUT2D eigenvalue weighted by Crippen LogP contribution is 2.12. The molecule has 4 N–H and O–H groups in total. The molecule has 2 aromatic carbocycles. The molecule has 3 aromatic rings. The second kappa shape index (κ2) is 7.65. The van der Waals surface area contributed by atoms with E-state index in [1.54, 1.807) is 30.3 Å². The van der Waals surface area contributed by atoms with E-state index in [1.165, 1.54) is 12.1 Å². The maximum atomic E-state index is 12.5. The summed E-state index contributed by atoms with van der Waals surface area (Å²) in [4.78, 5) is 39.4. The number of nitrogens with two attached hydrogens (primary N) is 1. The second-order valence-corrected chi connectivity index (χ2v) is 6.02. The standard InChI is InChI=1S/C20H17N3O4/c21-18(24)17(11-12-5-7-14(8-6-12)20(26)27)23-19(25)16-10-9-13-3-1-2-4-15(13)22-16/h1-10,17H,11H2,(H2,21,24)(H,23,25)(H,26,27)/t17-/m1/s1. The van der Waals surface area contributed by atoms with Crippen LogP contribution in [0.1, 0.15) is 26.4 Å². The van der Waals surface area contributed by atoms with Crippen molar-refractivity contribution in [1.29, 1.82) is 0 Å². The number of aromatic carboxylic acids is 1. The normalized spacial score (nSPS) is 11.7. The number of primary amides is 1. The molecule has 0 fully saturated rings. The first-order valence-corrected chi connectivity index (χ1v) is 8.22. The lowest BCUT2D eigenvalue weighted by atomic mass is 10.0. The van der Waals surface area contributed by atoms with Gasteiger partial charge in [0.05, 0.1) is 11.1 Å². The smallest absolute Gasteiger partial charge is 0.335 e. The summed E-state index contributed by atoms with van der Waals surface area (Å²) in [6.45, 7) is 0. The number of carbonyl (C=O) groups is 3. The van der Waals surface area contributed by atoms with E-state index in [0.29, 0.717) is 11.1 Å². The van der Waals surface area contributed by atoms with Gasteiger partial charge in [0.15, 0.2) is 0 Å². The number of hydrogen-bond donors (Lipinski definition) is 3. The fourth-order valence-electron chi connectivity index (χ4n) is 2.67. The molecule has 0 aliphatic carbocycles.